The van der Waals surface area contributed by atoms with Crippen molar-refractivity contribution in [3.8, 4) is 5.75 Å². The van der Waals surface area contributed by atoms with Crippen LogP contribution in [-0.4, -0.2) is 17.5 Å². The van der Waals surface area contributed by atoms with Crippen LogP contribution >= 0.6 is 0 Å². The quantitative estimate of drug-likeness (QED) is 0.737. The molecule has 0 radical (unpaired) electrons. The molecule has 1 amide bonds. The van der Waals surface area contributed by atoms with Crippen LogP contribution in [0.1, 0.15) is 36.4 Å². The number of para-hydroxylation sites is 2. The Morgan fingerprint density at radius 2 is 2.00 bits per heavy atom. The molecule has 3 aromatic rings. The van der Waals surface area contributed by atoms with E-state index in [0.717, 1.165) is 36.1 Å². The Balaban J connectivity index is 1.33. The molecule has 1 atom stereocenters. The lowest BCUT2D eigenvalue weighted by molar-refractivity contribution is -0.122. The minimum absolute atomic E-state index is 0.0607. The van der Waals surface area contributed by atoms with E-state index >= 15 is 0 Å². The van der Waals surface area contributed by atoms with Gasteiger partial charge in [0.1, 0.15) is 5.75 Å². The van der Waals surface area contributed by atoms with E-state index in [4.69, 9.17) is 4.74 Å². The average molecular weight is 334 g/mol. The molecule has 4 rings (SSSR count). The first kappa shape index (κ1) is 15.8. The fourth-order valence-electron chi connectivity index (χ4n) is 3.54. The fraction of sp³-hybridized carbons (Fsp3) is 0.286. The molecule has 0 unspecified atom stereocenters. The van der Waals surface area contributed by atoms with Crippen LogP contribution in [0.25, 0.3) is 10.9 Å². The van der Waals surface area contributed by atoms with Crippen LogP contribution in [0.15, 0.2) is 54.7 Å². The molecule has 0 saturated heterocycles. The first-order chi connectivity index (χ1) is 12.3. The zero-order chi connectivity index (χ0) is 17.1. The van der Waals surface area contributed by atoms with Crippen LogP contribution in [0.4, 0.5) is 0 Å². The van der Waals surface area contributed by atoms with Crippen LogP contribution in [0.3, 0.4) is 0 Å². The van der Waals surface area contributed by atoms with Crippen LogP contribution in [0.5, 0.6) is 5.75 Å². The van der Waals surface area contributed by atoms with Gasteiger partial charge in [-0.1, -0.05) is 36.4 Å². The first-order valence-corrected chi connectivity index (χ1v) is 8.87. The molecule has 0 saturated carbocycles. The zero-order valence-electron chi connectivity index (χ0n) is 14.1. The molecule has 0 aliphatic carbocycles. The maximum atomic E-state index is 12.4. The number of amides is 1. The standard InChI is InChI=1S/C21H22N2O2/c24-21(23-19-12-13-25-20-10-4-2-8-17(19)20)11-5-6-15-14-22-18-9-3-1-7-16(15)18/h1-4,7-10,14,19,22H,5-6,11-13H2,(H,23,24)/t19-/m1/s1. The van der Waals surface area contributed by atoms with Crippen molar-refractivity contribution in [3.63, 3.8) is 0 Å². The molecule has 0 fully saturated rings. The van der Waals surface area contributed by atoms with Crippen molar-refractivity contribution in [2.24, 2.45) is 0 Å². The fourth-order valence-corrected chi connectivity index (χ4v) is 3.54. The number of carbonyl (C=O) groups is 1. The highest BCUT2D eigenvalue weighted by molar-refractivity contribution is 5.83. The van der Waals surface area contributed by atoms with E-state index in [9.17, 15) is 4.79 Å². The molecule has 2 N–H and O–H groups in total. The van der Waals surface area contributed by atoms with Gasteiger partial charge in [-0.25, -0.2) is 0 Å². The second kappa shape index (κ2) is 7.01. The van der Waals surface area contributed by atoms with Crippen molar-refractivity contribution in [3.05, 3.63) is 65.9 Å². The van der Waals surface area contributed by atoms with Crippen molar-refractivity contribution < 1.29 is 9.53 Å². The summed E-state index contributed by atoms with van der Waals surface area (Å²) in [4.78, 5) is 15.6. The number of benzene rings is 2. The van der Waals surface area contributed by atoms with E-state index in [-0.39, 0.29) is 11.9 Å². The molecule has 1 aliphatic rings. The third-order valence-electron chi connectivity index (χ3n) is 4.82. The number of aromatic nitrogens is 1. The van der Waals surface area contributed by atoms with E-state index in [0.29, 0.717) is 13.0 Å². The monoisotopic (exact) mass is 334 g/mol. The van der Waals surface area contributed by atoms with E-state index < -0.39 is 0 Å². The number of aryl methyl sites for hydroxylation is 1. The number of rotatable bonds is 5. The van der Waals surface area contributed by atoms with Gasteiger partial charge in [0, 0.05) is 35.5 Å². The van der Waals surface area contributed by atoms with Crippen molar-refractivity contribution in [1.29, 1.82) is 0 Å². The summed E-state index contributed by atoms with van der Waals surface area (Å²) in [5.74, 6) is 0.999. The first-order valence-electron chi connectivity index (χ1n) is 8.87. The van der Waals surface area contributed by atoms with Crippen LogP contribution in [0, 0.1) is 0 Å². The van der Waals surface area contributed by atoms with Crippen molar-refractivity contribution >= 4 is 16.8 Å². The Kier molecular flexibility index (Phi) is 4.42. The summed E-state index contributed by atoms with van der Waals surface area (Å²) < 4.78 is 5.65. The Morgan fingerprint density at radius 1 is 1.16 bits per heavy atom. The summed E-state index contributed by atoms with van der Waals surface area (Å²) in [7, 11) is 0. The number of aromatic amines is 1. The summed E-state index contributed by atoms with van der Waals surface area (Å²) in [5.41, 5.74) is 3.51. The van der Waals surface area contributed by atoms with Gasteiger partial charge in [0.2, 0.25) is 5.91 Å². The molecule has 2 aromatic carbocycles. The number of ether oxygens (including phenoxy) is 1. The lowest BCUT2D eigenvalue weighted by Gasteiger charge is -2.26. The highest BCUT2D eigenvalue weighted by Gasteiger charge is 2.22. The summed E-state index contributed by atoms with van der Waals surface area (Å²) in [6, 6.07) is 16.3. The van der Waals surface area contributed by atoms with E-state index in [1.807, 2.05) is 30.3 Å². The van der Waals surface area contributed by atoms with Crippen LogP contribution in [0.2, 0.25) is 0 Å². The molecule has 0 bridgehead atoms. The maximum absolute atomic E-state index is 12.4. The third kappa shape index (κ3) is 3.38. The minimum Gasteiger partial charge on any atom is -0.493 e. The molecule has 4 heteroatoms. The SMILES string of the molecule is O=C(CCCc1c[nH]c2ccccc12)N[C@@H]1CCOc2ccccc21. The number of hydrogen-bond acceptors (Lipinski definition) is 2. The van der Waals surface area contributed by atoms with Gasteiger partial charge in [0.25, 0.3) is 0 Å². The Bertz CT molecular complexity index is 884. The predicted molar refractivity (Wildman–Crippen MR) is 98.7 cm³/mol. The van der Waals surface area contributed by atoms with Crippen LogP contribution in [-0.2, 0) is 11.2 Å². The lowest BCUT2D eigenvalue weighted by atomic mass is 10.00. The summed E-state index contributed by atoms with van der Waals surface area (Å²) in [6.07, 6.45) is 5.17. The molecule has 4 nitrogen and oxygen atoms in total. The van der Waals surface area contributed by atoms with Gasteiger partial charge in [0.15, 0.2) is 0 Å². The van der Waals surface area contributed by atoms with E-state index in [2.05, 4.69) is 34.7 Å². The molecule has 1 aromatic heterocycles. The second-order valence-corrected chi connectivity index (χ2v) is 6.51. The molecule has 2 heterocycles. The van der Waals surface area contributed by atoms with Crippen molar-refractivity contribution in [2.75, 3.05) is 6.61 Å². The summed E-state index contributed by atoms with van der Waals surface area (Å²) >= 11 is 0. The Hall–Kier alpha value is -2.75. The second-order valence-electron chi connectivity index (χ2n) is 6.51. The third-order valence-corrected chi connectivity index (χ3v) is 4.82. The molecule has 25 heavy (non-hydrogen) atoms. The van der Waals surface area contributed by atoms with Gasteiger partial charge in [-0.3, -0.25) is 4.79 Å². The van der Waals surface area contributed by atoms with Gasteiger partial charge < -0.3 is 15.0 Å². The number of nitrogens with one attached hydrogen (secondary N) is 2. The normalized spacial score (nSPS) is 16.2. The number of fused-ring (bicyclic) bond motifs is 2. The largest absolute Gasteiger partial charge is 0.493 e. The van der Waals surface area contributed by atoms with Crippen molar-refractivity contribution in [2.45, 2.75) is 31.7 Å². The predicted octanol–water partition coefficient (Wildman–Crippen LogP) is 4.13. The smallest absolute Gasteiger partial charge is 0.220 e. The zero-order valence-corrected chi connectivity index (χ0v) is 14.1. The molecule has 1 aliphatic heterocycles. The van der Waals surface area contributed by atoms with Gasteiger partial charge >= 0.3 is 0 Å². The van der Waals surface area contributed by atoms with Gasteiger partial charge in [-0.2, -0.15) is 0 Å². The topological polar surface area (TPSA) is 54.1 Å². The number of H-pyrrole nitrogens is 1. The van der Waals surface area contributed by atoms with Crippen molar-refractivity contribution in [1.82, 2.24) is 10.3 Å². The van der Waals surface area contributed by atoms with Gasteiger partial charge in [-0.15, -0.1) is 0 Å². The molecular formula is C21H22N2O2. The summed E-state index contributed by atoms with van der Waals surface area (Å²) in [5, 5.41) is 4.42. The molecular weight excluding hydrogens is 312 g/mol. The number of carbonyl (C=O) groups excluding carboxylic acids is 1. The van der Waals surface area contributed by atoms with E-state index in [1.54, 1.807) is 0 Å². The average Bonchev–Trinajstić information content (AvgIpc) is 3.05. The van der Waals surface area contributed by atoms with Gasteiger partial charge in [0.05, 0.1) is 12.6 Å². The van der Waals surface area contributed by atoms with E-state index in [1.165, 1.54) is 10.9 Å². The minimum atomic E-state index is 0.0607. The van der Waals surface area contributed by atoms with Gasteiger partial charge in [-0.05, 0) is 30.5 Å². The highest BCUT2D eigenvalue weighted by atomic mass is 16.5. The van der Waals surface area contributed by atoms with Crippen LogP contribution < -0.4 is 10.1 Å². The maximum Gasteiger partial charge on any atom is 0.220 e. The number of hydrogen-bond donors (Lipinski definition) is 2. The Labute approximate surface area is 147 Å². The lowest BCUT2D eigenvalue weighted by Crippen LogP contribution is -2.32. The molecule has 0 spiro atoms. The molecule has 128 valence electrons. The Morgan fingerprint density at radius 3 is 2.96 bits per heavy atom. The summed E-state index contributed by atoms with van der Waals surface area (Å²) in [6.45, 7) is 0.650. The highest BCUT2D eigenvalue weighted by Crippen LogP contribution is 2.31.